The molecule has 8 rings (SSSR count). The molecule has 11 heteroatoms. The molecule has 0 spiro atoms. The zero-order chi connectivity index (χ0) is 34.1. The summed E-state index contributed by atoms with van der Waals surface area (Å²) in [6.07, 6.45) is 4.60. The Balaban J connectivity index is 1.19. The van der Waals surface area contributed by atoms with Gasteiger partial charge >= 0.3 is 0 Å². The van der Waals surface area contributed by atoms with Crippen molar-refractivity contribution in [2.24, 2.45) is 4.99 Å². The molecular formula is C38H38N4O5S2. The molecule has 0 bridgehead atoms. The van der Waals surface area contributed by atoms with E-state index in [2.05, 4.69) is 0 Å². The van der Waals surface area contributed by atoms with E-state index in [1.54, 1.807) is 53.4 Å². The van der Waals surface area contributed by atoms with Gasteiger partial charge in [0, 0.05) is 17.6 Å². The van der Waals surface area contributed by atoms with Crippen LogP contribution in [-0.2, 0) is 32.9 Å². The smallest absolute Gasteiger partial charge is 0.265 e. The highest BCUT2D eigenvalue weighted by atomic mass is 32.2. The van der Waals surface area contributed by atoms with Crippen LogP contribution < -0.4 is 8.61 Å². The lowest BCUT2D eigenvalue weighted by atomic mass is 9.90. The summed E-state index contributed by atoms with van der Waals surface area (Å²) in [4.78, 5) is 21.5. The Bertz CT molecular complexity index is 2240. The van der Waals surface area contributed by atoms with Crippen molar-refractivity contribution in [1.29, 1.82) is 0 Å². The van der Waals surface area contributed by atoms with Gasteiger partial charge in [0.2, 0.25) is 0 Å². The molecule has 3 aliphatic heterocycles. The molecule has 3 heterocycles. The van der Waals surface area contributed by atoms with Gasteiger partial charge in [0.1, 0.15) is 10.7 Å². The summed E-state index contributed by atoms with van der Waals surface area (Å²) in [6, 6.07) is 27.1. The zero-order valence-electron chi connectivity index (χ0n) is 27.4. The Morgan fingerprint density at radius 1 is 0.694 bits per heavy atom. The number of hydrogen-bond acceptors (Lipinski definition) is 6. The van der Waals surface area contributed by atoms with Crippen LogP contribution in [0.2, 0.25) is 0 Å². The molecule has 1 fully saturated rings. The predicted molar refractivity (Wildman–Crippen MR) is 190 cm³/mol. The van der Waals surface area contributed by atoms with E-state index in [1.807, 2.05) is 56.3 Å². The van der Waals surface area contributed by atoms with Crippen LogP contribution in [0.4, 0.5) is 11.4 Å². The van der Waals surface area contributed by atoms with E-state index >= 15 is 0 Å². The van der Waals surface area contributed by atoms with Gasteiger partial charge in [-0.3, -0.25) is 23.3 Å². The summed E-state index contributed by atoms with van der Waals surface area (Å²) in [7, 11) is -8.07. The highest BCUT2D eigenvalue weighted by Gasteiger charge is 2.45. The molecule has 4 unspecified atom stereocenters. The minimum Gasteiger partial charge on any atom is -0.287 e. The van der Waals surface area contributed by atoms with Crippen LogP contribution in [-0.4, -0.2) is 57.6 Å². The van der Waals surface area contributed by atoms with Crippen molar-refractivity contribution in [3.63, 3.8) is 0 Å². The lowest BCUT2D eigenvalue weighted by Crippen LogP contribution is -2.46. The van der Waals surface area contributed by atoms with E-state index in [1.165, 1.54) is 14.7 Å². The second-order valence-electron chi connectivity index (χ2n) is 13.5. The van der Waals surface area contributed by atoms with E-state index in [4.69, 9.17) is 4.99 Å². The number of carbonyl (C=O) groups is 1. The van der Waals surface area contributed by atoms with Crippen molar-refractivity contribution >= 4 is 43.2 Å². The standard InChI is InChI=1S/C38H38N4O5S2/c1-25-22-27-12-3-7-18-33(27)41(25)48(44,45)30-15-11-14-29(24-30)37-39-32-17-6-9-20-35(32)40(37)38(43)31-16-5-10-21-36(31)49(46,47)42-26(2)23-28-13-4-8-19-34(28)42/h3-5,7-8,10-16,18-19,21,24-26,32,35H,6,9,17,20,22-23H2,1-2H3. The SMILES string of the molecule is CC1Cc2ccccc2N1S(=O)(=O)c1cccc(C2=NC3CCCCC3N2C(=O)c2ccccc2S(=O)(=O)N2c3ccccc3CC2C)c1. The topological polar surface area (TPSA) is 107 Å². The summed E-state index contributed by atoms with van der Waals surface area (Å²) in [5, 5.41) is 0. The average molecular weight is 695 g/mol. The second kappa shape index (κ2) is 11.8. The second-order valence-corrected chi connectivity index (χ2v) is 17.1. The van der Waals surface area contributed by atoms with Crippen molar-refractivity contribution in [1.82, 2.24) is 4.90 Å². The maximum atomic E-state index is 14.8. The van der Waals surface area contributed by atoms with Gasteiger partial charge in [0.15, 0.2) is 0 Å². The van der Waals surface area contributed by atoms with Crippen molar-refractivity contribution < 1.29 is 21.6 Å². The molecule has 0 aromatic heterocycles. The van der Waals surface area contributed by atoms with Gasteiger partial charge in [-0.15, -0.1) is 0 Å². The fourth-order valence-corrected chi connectivity index (χ4v) is 11.8. The van der Waals surface area contributed by atoms with Crippen LogP contribution in [0.3, 0.4) is 0 Å². The number of hydrogen-bond donors (Lipinski definition) is 0. The largest absolute Gasteiger partial charge is 0.287 e. The van der Waals surface area contributed by atoms with Crippen LogP contribution in [0.1, 0.15) is 66.6 Å². The van der Waals surface area contributed by atoms with Crippen molar-refractivity contribution in [2.45, 2.75) is 86.3 Å². The summed E-state index contributed by atoms with van der Waals surface area (Å²) in [5.41, 5.74) is 3.81. The highest BCUT2D eigenvalue weighted by Crippen LogP contribution is 2.40. The fourth-order valence-electron chi connectivity index (χ4n) is 8.20. The van der Waals surface area contributed by atoms with Gasteiger partial charge in [0.25, 0.3) is 26.0 Å². The third kappa shape index (κ3) is 5.08. The Kier molecular flexibility index (Phi) is 7.68. The third-order valence-electron chi connectivity index (χ3n) is 10.4. The van der Waals surface area contributed by atoms with Crippen LogP contribution >= 0.6 is 0 Å². The number of aliphatic imine (C=N–C) groups is 1. The summed E-state index contributed by atoms with van der Waals surface area (Å²) in [5.74, 6) is -0.0799. The predicted octanol–water partition coefficient (Wildman–Crippen LogP) is 6.18. The van der Waals surface area contributed by atoms with E-state index in [9.17, 15) is 21.6 Å². The van der Waals surface area contributed by atoms with Crippen LogP contribution in [0, 0.1) is 0 Å². The first kappa shape index (κ1) is 31.8. The molecule has 0 N–H and O–H groups in total. The van der Waals surface area contributed by atoms with Crippen LogP contribution in [0.5, 0.6) is 0 Å². The third-order valence-corrected chi connectivity index (χ3v) is 14.3. The fraction of sp³-hybridized carbons (Fsp3) is 0.316. The number of sulfonamides is 2. The van der Waals surface area contributed by atoms with Gasteiger partial charge in [-0.1, -0.05) is 73.5 Å². The number of amides is 1. The first-order chi connectivity index (χ1) is 23.6. The molecule has 4 aromatic rings. The summed E-state index contributed by atoms with van der Waals surface area (Å²) >= 11 is 0. The van der Waals surface area contributed by atoms with E-state index < -0.39 is 26.0 Å². The Morgan fingerprint density at radius 2 is 1.29 bits per heavy atom. The lowest BCUT2D eigenvalue weighted by molar-refractivity contribution is 0.0782. The molecule has 49 heavy (non-hydrogen) atoms. The number of amidine groups is 1. The summed E-state index contributed by atoms with van der Waals surface area (Å²) < 4.78 is 60.2. The van der Waals surface area contributed by atoms with E-state index in [-0.39, 0.29) is 39.5 Å². The van der Waals surface area contributed by atoms with E-state index in [0.29, 0.717) is 35.6 Å². The maximum Gasteiger partial charge on any atom is 0.265 e. The molecule has 4 atom stereocenters. The normalized spacial score (nSPS) is 23.2. The van der Waals surface area contributed by atoms with Crippen LogP contribution in [0.25, 0.3) is 0 Å². The van der Waals surface area contributed by atoms with E-state index in [0.717, 1.165) is 36.8 Å². The average Bonchev–Trinajstić information content (AvgIpc) is 3.78. The minimum absolute atomic E-state index is 0.0554. The molecule has 252 valence electrons. The number of para-hydroxylation sites is 2. The van der Waals surface area contributed by atoms with Crippen molar-refractivity contribution in [3.8, 4) is 0 Å². The molecule has 4 aliphatic rings. The summed E-state index contributed by atoms with van der Waals surface area (Å²) in [6.45, 7) is 3.78. The lowest BCUT2D eigenvalue weighted by Gasteiger charge is -2.32. The van der Waals surface area contributed by atoms with Crippen molar-refractivity contribution in [2.75, 3.05) is 8.61 Å². The Hall–Kier alpha value is -4.48. The first-order valence-corrected chi connectivity index (χ1v) is 19.8. The monoisotopic (exact) mass is 694 g/mol. The molecule has 1 amide bonds. The maximum absolute atomic E-state index is 14.8. The molecular weight excluding hydrogens is 657 g/mol. The number of carbonyl (C=O) groups excluding carboxylic acids is 1. The van der Waals surface area contributed by atoms with Gasteiger partial charge in [-0.2, -0.15) is 0 Å². The molecule has 0 radical (unpaired) electrons. The van der Waals surface area contributed by atoms with Gasteiger partial charge in [0.05, 0.1) is 33.9 Å². The van der Waals surface area contributed by atoms with Gasteiger partial charge in [-0.05, 0) is 87.1 Å². The number of anilines is 2. The Morgan fingerprint density at radius 3 is 1.98 bits per heavy atom. The molecule has 9 nitrogen and oxygen atoms in total. The molecule has 1 saturated carbocycles. The van der Waals surface area contributed by atoms with Gasteiger partial charge in [-0.25, -0.2) is 16.8 Å². The zero-order valence-corrected chi connectivity index (χ0v) is 29.1. The first-order valence-electron chi connectivity index (χ1n) is 16.9. The number of benzene rings is 4. The van der Waals surface area contributed by atoms with Crippen LogP contribution in [0.15, 0.2) is 112 Å². The minimum atomic E-state index is -4.12. The molecule has 0 saturated heterocycles. The number of nitrogens with zero attached hydrogens (tertiary/aromatic N) is 4. The highest BCUT2D eigenvalue weighted by molar-refractivity contribution is 7.93. The number of fused-ring (bicyclic) bond motifs is 3. The Labute approximate surface area is 288 Å². The van der Waals surface area contributed by atoms with Gasteiger partial charge < -0.3 is 0 Å². The van der Waals surface area contributed by atoms with Crippen molar-refractivity contribution in [3.05, 3.63) is 119 Å². The molecule has 4 aromatic carbocycles. The quantitative estimate of drug-likeness (QED) is 0.240. The molecule has 1 aliphatic carbocycles. The number of rotatable bonds is 6.